The van der Waals surface area contributed by atoms with Crippen molar-refractivity contribution < 1.29 is 28.9 Å². The lowest BCUT2D eigenvalue weighted by Crippen LogP contribution is -2.25. The van der Waals surface area contributed by atoms with Crippen LogP contribution in [-0.2, 0) is 23.7 Å². The summed E-state index contributed by atoms with van der Waals surface area (Å²) in [6.07, 6.45) is 8.11. The normalized spacial score (nSPS) is 8.00. The first kappa shape index (κ1) is 22.5. The molecule has 0 aliphatic carbocycles. The van der Waals surface area contributed by atoms with E-state index in [4.69, 9.17) is 9.90 Å². The fourth-order valence-electron chi connectivity index (χ4n) is 0.969. The summed E-state index contributed by atoms with van der Waals surface area (Å²) in [7, 11) is 4.00. The molecule has 0 amide bonds. The molecule has 0 unspecified atom stereocenters. The first-order valence-corrected chi connectivity index (χ1v) is 6.97. The number of hydrogen-bond donors (Lipinski definition) is 0. The van der Waals surface area contributed by atoms with Crippen LogP contribution in [0.4, 0.5) is 0 Å². The number of hydrogen-bond acceptors (Lipinski definition) is 4. The maximum atomic E-state index is 9.26. The Bertz CT molecular complexity index is 489. The number of aliphatic carboxylic acids is 2. The standard InChI is InChI=1S/2C6H8N.C3H6O2.C2H4O2/c2*1-7-5-3-2-4-6-7;1-2-3(4)5;1-2(3)4/h2*2-6H,1H3;2H2,1H3,(H,4,5);1H3,(H,3,4)/q2*+1;;/p-2. The van der Waals surface area contributed by atoms with Crippen LogP contribution in [0.25, 0.3) is 0 Å². The van der Waals surface area contributed by atoms with Crippen LogP contribution in [0.5, 0.6) is 0 Å². The van der Waals surface area contributed by atoms with Gasteiger partial charge in [-0.3, -0.25) is 0 Å². The zero-order valence-electron chi connectivity index (χ0n) is 14.0. The van der Waals surface area contributed by atoms with E-state index in [0.29, 0.717) is 0 Å². The summed E-state index contributed by atoms with van der Waals surface area (Å²) in [4.78, 5) is 18.1. The second-order valence-corrected chi connectivity index (χ2v) is 4.30. The van der Waals surface area contributed by atoms with Gasteiger partial charge in [-0.1, -0.05) is 19.1 Å². The molecule has 2 heterocycles. The third-order valence-electron chi connectivity index (χ3n) is 2.02. The Morgan fingerprint density at radius 1 is 0.783 bits per heavy atom. The molecule has 6 nitrogen and oxygen atoms in total. The van der Waals surface area contributed by atoms with E-state index in [2.05, 4.69) is 0 Å². The van der Waals surface area contributed by atoms with Crippen molar-refractivity contribution in [3.05, 3.63) is 61.2 Å². The number of aryl methyl sites for hydroxylation is 2. The molecule has 0 saturated heterocycles. The number of aromatic nitrogens is 2. The van der Waals surface area contributed by atoms with E-state index in [1.807, 2.05) is 84.4 Å². The Hall–Kier alpha value is -2.76. The van der Waals surface area contributed by atoms with Crippen LogP contribution in [0.1, 0.15) is 20.3 Å². The van der Waals surface area contributed by atoms with Gasteiger partial charge in [0.05, 0.1) is 0 Å². The van der Waals surface area contributed by atoms with Crippen molar-refractivity contribution in [2.24, 2.45) is 14.1 Å². The van der Waals surface area contributed by atoms with Crippen LogP contribution >= 0.6 is 0 Å². The van der Waals surface area contributed by atoms with E-state index in [1.165, 1.54) is 6.92 Å². The molecule has 0 atom stereocenters. The lowest BCUT2D eigenvalue weighted by Gasteiger charge is -1.87. The summed E-state index contributed by atoms with van der Waals surface area (Å²) in [6, 6.07) is 12.0. The van der Waals surface area contributed by atoms with Crippen LogP contribution in [-0.4, -0.2) is 11.9 Å². The van der Waals surface area contributed by atoms with Gasteiger partial charge in [0.25, 0.3) is 0 Å². The molecular weight excluding hydrogens is 296 g/mol. The zero-order chi connectivity index (χ0) is 18.1. The minimum absolute atomic E-state index is 0.111. The molecule has 0 fully saturated rings. The van der Waals surface area contributed by atoms with Gasteiger partial charge in [0.1, 0.15) is 14.1 Å². The van der Waals surface area contributed by atoms with Gasteiger partial charge in [-0.05, 0) is 13.3 Å². The molecule has 0 aromatic carbocycles. The third-order valence-corrected chi connectivity index (χ3v) is 2.02. The van der Waals surface area contributed by atoms with Gasteiger partial charge in [0, 0.05) is 36.2 Å². The van der Waals surface area contributed by atoms with Crippen molar-refractivity contribution in [1.82, 2.24) is 0 Å². The van der Waals surface area contributed by atoms with Gasteiger partial charge in [-0.15, -0.1) is 0 Å². The van der Waals surface area contributed by atoms with E-state index in [-0.39, 0.29) is 6.42 Å². The van der Waals surface area contributed by atoms with Crippen molar-refractivity contribution in [3.8, 4) is 0 Å². The van der Waals surface area contributed by atoms with E-state index in [9.17, 15) is 9.90 Å². The Kier molecular flexibility index (Phi) is 15.3. The molecule has 0 spiro atoms. The Morgan fingerprint density at radius 2 is 1.00 bits per heavy atom. The molecule has 0 radical (unpaired) electrons. The molecule has 2 rings (SSSR count). The average molecular weight is 320 g/mol. The molecular formula is C17H24N2O4. The maximum Gasteiger partial charge on any atom is 0.168 e. The minimum Gasteiger partial charge on any atom is -0.550 e. The van der Waals surface area contributed by atoms with E-state index in [0.717, 1.165) is 6.92 Å². The van der Waals surface area contributed by atoms with E-state index >= 15 is 0 Å². The number of pyridine rings is 2. The number of carbonyl (C=O) groups is 2. The fourth-order valence-corrected chi connectivity index (χ4v) is 0.969. The smallest absolute Gasteiger partial charge is 0.168 e. The van der Waals surface area contributed by atoms with Gasteiger partial charge in [-0.2, -0.15) is 0 Å². The molecule has 23 heavy (non-hydrogen) atoms. The third kappa shape index (κ3) is 24.6. The number of carboxylic acid groups (broad SMARTS) is 2. The fraction of sp³-hybridized carbons (Fsp3) is 0.294. The highest BCUT2D eigenvalue weighted by Gasteiger charge is 1.79. The van der Waals surface area contributed by atoms with Gasteiger partial charge >= 0.3 is 0 Å². The molecule has 126 valence electrons. The van der Waals surface area contributed by atoms with E-state index in [1.54, 1.807) is 0 Å². The monoisotopic (exact) mass is 320 g/mol. The number of rotatable bonds is 1. The van der Waals surface area contributed by atoms with Crippen LogP contribution in [0.2, 0.25) is 0 Å². The predicted molar refractivity (Wildman–Crippen MR) is 81.2 cm³/mol. The zero-order valence-corrected chi connectivity index (χ0v) is 14.0. The predicted octanol–water partition coefficient (Wildman–Crippen LogP) is -1.08. The second kappa shape index (κ2) is 15.6. The van der Waals surface area contributed by atoms with Crippen molar-refractivity contribution in [1.29, 1.82) is 0 Å². The molecule has 0 bridgehead atoms. The Morgan fingerprint density at radius 3 is 1.09 bits per heavy atom. The molecule has 0 aliphatic rings. The number of carbonyl (C=O) groups excluding carboxylic acids is 2. The molecule has 2 aromatic heterocycles. The van der Waals surface area contributed by atoms with E-state index < -0.39 is 11.9 Å². The summed E-state index contributed by atoms with van der Waals surface area (Å²) in [6.45, 7) is 2.51. The lowest BCUT2D eigenvalue weighted by molar-refractivity contribution is -0.671. The van der Waals surface area contributed by atoms with Crippen molar-refractivity contribution >= 4 is 11.9 Å². The number of carboxylic acids is 2. The van der Waals surface area contributed by atoms with Crippen LogP contribution in [0.15, 0.2) is 61.2 Å². The average Bonchev–Trinajstić information content (AvgIpc) is 2.49. The summed E-state index contributed by atoms with van der Waals surface area (Å²) in [5.41, 5.74) is 0. The summed E-state index contributed by atoms with van der Waals surface area (Å²) < 4.78 is 4.00. The number of nitrogens with zero attached hydrogens (tertiary/aromatic N) is 2. The molecule has 0 saturated carbocycles. The summed E-state index contributed by atoms with van der Waals surface area (Å²) in [5, 5.41) is 18.1. The van der Waals surface area contributed by atoms with Gasteiger partial charge in [0.2, 0.25) is 0 Å². The summed E-state index contributed by atoms with van der Waals surface area (Å²) in [5.74, 6) is -2.08. The van der Waals surface area contributed by atoms with Crippen LogP contribution < -0.4 is 19.3 Å². The first-order valence-electron chi connectivity index (χ1n) is 6.97. The first-order chi connectivity index (χ1) is 10.8. The topological polar surface area (TPSA) is 88.0 Å². The highest BCUT2D eigenvalue weighted by molar-refractivity contribution is 5.63. The van der Waals surface area contributed by atoms with Crippen LogP contribution in [0.3, 0.4) is 0 Å². The largest absolute Gasteiger partial charge is 0.550 e. The van der Waals surface area contributed by atoms with Crippen molar-refractivity contribution in [3.63, 3.8) is 0 Å². The van der Waals surface area contributed by atoms with Crippen molar-refractivity contribution in [2.75, 3.05) is 0 Å². The minimum atomic E-state index is -1.08. The van der Waals surface area contributed by atoms with Gasteiger partial charge < -0.3 is 19.8 Å². The van der Waals surface area contributed by atoms with Gasteiger partial charge in [-0.25, -0.2) is 9.13 Å². The molecule has 0 N–H and O–H groups in total. The Balaban J connectivity index is 0. The van der Waals surface area contributed by atoms with Gasteiger partial charge in [0.15, 0.2) is 24.8 Å². The maximum absolute atomic E-state index is 9.26. The lowest BCUT2D eigenvalue weighted by atomic mass is 10.5. The highest BCUT2D eigenvalue weighted by atomic mass is 16.4. The molecule has 0 aliphatic heterocycles. The molecule has 2 aromatic rings. The Labute approximate surface area is 137 Å². The molecule has 6 heteroatoms. The van der Waals surface area contributed by atoms with Crippen molar-refractivity contribution in [2.45, 2.75) is 20.3 Å². The highest BCUT2D eigenvalue weighted by Crippen LogP contribution is 1.72. The SMILES string of the molecule is CC(=O)[O-].CCC(=O)[O-].C[n+]1ccccc1.C[n+]1ccccc1. The quantitative estimate of drug-likeness (QED) is 0.626. The summed E-state index contributed by atoms with van der Waals surface area (Å²) >= 11 is 0. The second-order valence-electron chi connectivity index (χ2n) is 4.30. The van der Waals surface area contributed by atoms with Crippen LogP contribution in [0, 0.1) is 0 Å².